The fourth-order valence-corrected chi connectivity index (χ4v) is 15.1. The summed E-state index contributed by atoms with van der Waals surface area (Å²) in [4.78, 5) is 0. The van der Waals surface area contributed by atoms with Crippen LogP contribution in [0.4, 0.5) is 0 Å². The molecule has 3 N–H and O–H groups in total. The number of aliphatic hydroxyl groups excluding tert-OH is 3. The highest BCUT2D eigenvalue weighted by atomic mass is 16.8. The number of hydrogen-bond acceptors (Lipinski definition) is 17. The van der Waals surface area contributed by atoms with Gasteiger partial charge in [0.15, 0.2) is 18.4 Å². The Bertz CT molecular complexity index is 2080. The lowest BCUT2D eigenvalue weighted by molar-refractivity contribution is -0.400. The summed E-state index contributed by atoms with van der Waals surface area (Å²) >= 11 is 0. The molecule has 9 saturated heterocycles. The Morgan fingerprint density at radius 2 is 1.18 bits per heavy atom. The highest BCUT2D eigenvalue weighted by molar-refractivity contribution is 5.14. The van der Waals surface area contributed by atoms with Gasteiger partial charge >= 0.3 is 0 Å². The molecular formula is C56H80O17. The van der Waals surface area contributed by atoms with Gasteiger partial charge in [0.1, 0.15) is 60.5 Å². The first-order valence-electron chi connectivity index (χ1n) is 28.2. The maximum absolute atomic E-state index is 12.4. The molecule has 1 spiro atoms. The fraction of sp³-hybridized carbons (Fsp3) is 0.857. The molecule has 0 bridgehead atoms. The van der Waals surface area contributed by atoms with E-state index in [1.54, 1.807) is 0 Å². The van der Waals surface area contributed by atoms with Crippen molar-refractivity contribution in [3.8, 4) is 0 Å². The van der Waals surface area contributed by atoms with E-state index in [2.05, 4.69) is 57.2 Å². The van der Waals surface area contributed by atoms with E-state index in [4.69, 9.17) is 66.3 Å². The molecule has 0 aromatic carbocycles. The summed E-state index contributed by atoms with van der Waals surface area (Å²) in [5.41, 5.74) is -1.04. The molecule has 0 saturated carbocycles. The van der Waals surface area contributed by atoms with E-state index >= 15 is 0 Å². The molecular weight excluding hydrogens is 945 g/mol. The number of hydrogen-bond donors (Lipinski definition) is 3. The number of ether oxygens (including phenoxy) is 14. The monoisotopic (exact) mass is 1020 g/mol. The van der Waals surface area contributed by atoms with Gasteiger partial charge in [0.25, 0.3) is 0 Å². The third-order valence-electron chi connectivity index (χ3n) is 19.5. The molecule has 73 heavy (non-hydrogen) atoms. The van der Waals surface area contributed by atoms with Crippen molar-refractivity contribution in [1.82, 2.24) is 0 Å². The van der Waals surface area contributed by atoms with Crippen molar-refractivity contribution >= 4 is 0 Å². The molecule has 0 amide bonds. The van der Waals surface area contributed by atoms with Crippen LogP contribution in [0.25, 0.3) is 0 Å². The Labute approximate surface area is 429 Å². The third-order valence-corrected chi connectivity index (χ3v) is 19.5. The molecule has 13 heterocycles. The van der Waals surface area contributed by atoms with Gasteiger partial charge in [-0.2, -0.15) is 0 Å². The van der Waals surface area contributed by atoms with Crippen molar-refractivity contribution in [3.63, 3.8) is 0 Å². The topological polar surface area (TPSA) is 190 Å². The lowest BCUT2D eigenvalue weighted by Gasteiger charge is -2.53. The molecule has 0 aromatic heterocycles. The van der Waals surface area contributed by atoms with Gasteiger partial charge in [-0.05, 0) is 63.7 Å². The van der Waals surface area contributed by atoms with Crippen LogP contribution in [0, 0.1) is 23.7 Å². The van der Waals surface area contributed by atoms with Crippen LogP contribution < -0.4 is 0 Å². The van der Waals surface area contributed by atoms with E-state index in [1.165, 1.54) is 0 Å². The van der Waals surface area contributed by atoms with Crippen LogP contribution in [0.3, 0.4) is 0 Å². The van der Waals surface area contributed by atoms with Crippen LogP contribution in [-0.4, -0.2) is 187 Å². The molecule has 0 aromatic rings. The Balaban J connectivity index is 0.695. The Morgan fingerprint density at radius 1 is 0.466 bits per heavy atom. The van der Waals surface area contributed by atoms with E-state index in [0.717, 1.165) is 12.8 Å². The van der Waals surface area contributed by atoms with Gasteiger partial charge in [0, 0.05) is 37.5 Å². The Kier molecular flexibility index (Phi) is 14.0. The highest BCUT2D eigenvalue weighted by Gasteiger charge is 2.62. The molecule has 0 radical (unpaired) electrons. The van der Waals surface area contributed by atoms with Crippen LogP contribution >= 0.6 is 0 Å². The van der Waals surface area contributed by atoms with Gasteiger partial charge in [0.05, 0.1) is 92.6 Å². The zero-order valence-corrected chi connectivity index (χ0v) is 43.0. The van der Waals surface area contributed by atoms with Crippen LogP contribution in [0.2, 0.25) is 0 Å². The van der Waals surface area contributed by atoms with Crippen LogP contribution in [-0.2, 0) is 66.3 Å². The van der Waals surface area contributed by atoms with Crippen molar-refractivity contribution < 1.29 is 81.6 Å². The quantitative estimate of drug-likeness (QED) is 0.284. The normalized spacial score (nSPS) is 58.5. The summed E-state index contributed by atoms with van der Waals surface area (Å²) in [5.74, 6) is -0.839. The average Bonchev–Trinajstić information content (AvgIpc) is 3.55. The smallest absolute Gasteiger partial charge is 0.187 e. The van der Waals surface area contributed by atoms with Gasteiger partial charge in [-0.15, -0.1) is 0 Å². The summed E-state index contributed by atoms with van der Waals surface area (Å²) in [5, 5.41) is 35.8. The molecule has 17 heteroatoms. The summed E-state index contributed by atoms with van der Waals surface area (Å²) in [6, 6.07) is 0. The minimum absolute atomic E-state index is 0.0228. The molecule has 0 aliphatic carbocycles. The highest BCUT2D eigenvalue weighted by Crippen LogP contribution is 2.51. The van der Waals surface area contributed by atoms with Crippen molar-refractivity contribution in [1.29, 1.82) is 0 Å². The molecule has 17 nitrogen and oxygen atoms in total. The van der Waals surface area contributed by atoms with Gasteiger partial charge < -0.3 is 81.6 Å². The Hall–Kier alpha value is -1.72. The van der Waals surface area contributed by atoms with Crippen LogP contribution in [0.1, 0.15) is 105 Å². The zero-order chi connectivity index (χ0) is 49.9. The first-order valence-corrected chi connectivity index (χ1v) is 28.2. The summed E-state index contributed by atoms with van der Waals surface area (Å²) in [7, 11) is 0. The van der Waals surface area contributed by atoms with E-state index in [0.29, 0.717) is 71.0 Å². The molecule has 13 rings (SSSR count). The molecule has 30 atom stereocenters. The minimum atomic E-state index is -1.04. The molecule has 0 unspecified atom stereocenters. The second-order valence-electron chi connectivity index (χ2n) is 24.2. The van der Waals surface area contributed by atoms with Crippen LogP contribution in [0.15, 0.2) is 48.6 Å². The fourth-order valence-electron chi connectivity index (χ4n) is 15.1. The average molecular weight is 1030 g/mol. The third kappa shape index (κ3) is 9.15. The second-order valence-corrected chi connectivity index (χ2v) is 24.2. The molecule has 13 aliphatic rings. The van der Waals surface area contributed by atoms with Crippen molar-refractivity contribution in [2.24, 2.45) is 23.7 Å². The van der Waals surface area contributed by atoms with Gasteiger partial charge in [0.2, 0.25) is 0 Å². The van der Waals surface area contributed by atoms with Gasteiger partial charge in [-0.25, -0.2) is 0 Å². The van der Waals surface area contributed by atoms with Crippen molar-refractivity contribution in [3.05, 3.63) is 48.6 Å². The maximum atomic E-state index is 12.4. The van der Waals surface area contributed by atoms with Crippen molar-refractivity contribution in [2.75, 3.05) is 13.2 Å². The van der Waals surface area contributed by atoms with E-state index in [-0.39, 0.29) is 78.6 Å². The van der Waals surface area contributed by atoms with E-state index in [9.17, 15) is 15.3 Å². The molecule has 9 fully saturated rings. The van der Waals surface area contributed by atoms with Crippen molar-refractivity contribution in [2.45, 2.75) is 264 Å². The lowest BCUT2D eigenvalue weighted by Crippen LogP contribution is -2.64. The standard InChI is InChI=1S/C56H80O17/c1-27-22-41-40(69-53-43(23-27)68-49-29(3)46(58)52-48(70-54(49)71-53)28(2)30(4)56(73-52)19-11-21-61-56)26-45-55(5,72-41)44(57)25-39-34(66-45)13-7-6-12-31-32(64-39)15-10-16-33-35(62-31)17-18-36-38(63-33)24-42-51(67-36)47(59)50-37(65-42)14-8-9-20-60-50/h6-10,15,17-18,27-54,57-59H,11-14,16,19-26H2,1-5H3/b7-6-,15-10-/t27-,28-,29-,30-,31+,32-,33+,34-,35-,36+,37-,38-,39+,40-,41+,42+,43-,44+,45+,46-,47+,48+,49+,50-,51+,52-,53+,54-,55-,56+/m0/s1. The Morgan fingerprint density at radius 3 is 2.01 bits per heavy atom. The van der Waals surface area contributed by atoms with E-state index < -0.39 is 103 Å². The van der Waals surface area contributed by atoms with Crippen LogP contribution in [0.5, 0.6) is 0 Å². The zero-order valence-electron chi connectivity index (χ0n) is 43.0. The number of rotatable bonds is 0. The SMILES string of the molecule is C[C@@H]1C[C@@H]2O[C@H]3[C@H](O[C@H]2O[C@H]2C[C@H]4O[C@H]5C/C=C\C[C@H]6O[C@H]7C=C[C@H]8O[C@H]9[C@H](O)[C@H]%10OCC=CC[C@@H]%10O[C@@H]9C[C@@H]8O[C@@H]7C/C=C\[C@@H]6O[C@@H]5C[C@@H](O)[C@]4(C)O[C@@H]2C1)O[C@@H]1[C@@H](C)[C@H](C)[C@@]2(CCCO2)O[C@H]1[C@@H](O)[C@@H]3C. The molecule has 406 valence electrons. The second kappa shape index (κ2) is 20.2. The lowest BCUT2D eigenvalue weighted by atomic mass is 9.76. The van der Waals surface area contributed by atoms with Gasteiger partial charge in [-0.3, -0.25) is 0 Å². The summed E-state index contributed by atoms with van der Waals surface area (Å²) < 4.78 is 95.1. The molecule has 13 aliphatic heterocycles. The summed E-state index contributed by atoms with van der Waals surface area (Å²) in [6.45, 7) is 11.6. The predicted octanol–water partition coefficient (Wildman–Crippen LogP) is 4.65. The largest absolute Gasteiger partial charge is 0.390 e. The van der Waals surface area contributed by atoms with Gasteiger partial charge in [-0.1, -0.05) is 76.3 Å². The summed E-state index contributed by atoms with van der Waals surface area (Å²) in [6.07, 6.45) is 11.8. The van der Waals surface area contributed by atoms with E-state index in [1.807, 2.05) is 26.0 Å². The number of aliphatic hydroxyl groups is 3. The number of fused-ring (bicyclic) bond motifs is 11. The first kappa shape index (κ1) is 50.8. The minimum Gasteiger partial charge on any atom is -0.390 e. The maximum Gasteiger partial charge on any atom is 0.187 e. The first-order chi connectivity index (χ1) is 35.3. The predicted molar refractivity (Wildman–Crippen MR) is 258 cm³/mol.